The molecule has 0 amide bonds. The lowest BCUT2D eigenvalue weighted by molar-refractivity contribution is 0.304. The molecule has 0 aliphatic heterocycles. The van der Waals surface area contributed by atoms with Crippen LogP contribution in [0.15, 0.2) is 66.9 Å². The van der Waals surface area contributed by atoms with Crippen LogP contribution in [0.4, 0.5) is 0 Å². The summed E-state index contributed by atoms with van der Waals surface area (Å²) in [5.41, 5.74) is 4.25. The highest BCUT2D eigenvalue weighted by Gasteiger charge is 2.12. The molecule has 0 fully saturated rings. The van der Waals surface area contributed by atoms with E-state index in [1.54, 1.807) is 12.1 Å². The highest BCUT2D eigenvalue weighted by molar-refractivity contribution is 5.94. The van der Waals surface area contributed by atoms with Gasteiger partial charge in [-0.15, -0.1) is 0 Å². The van der Waals surface area contributed by atoms with E-state index in [1.165, 1.54) is 0 Å². The molecule has 0 radical (unpaired) electrons. The molecule has 6 heteroatoms. The molecule has 27 heavy (non-hydrogen) atoms. The van der Waals surface area contributed by atoms with E-state index in [0.29, 0.717) is 23.7 Å². The van der Waals surface area contributed by atoms with Crippen LogP contribution in [-0.2, 0) is 6.61 Å². The van der Waals surface area contributed by atoms with Crippen molar-refractivity contribution in [1.29, 1.82) is 0 Å². The zero-order valence-corrected chi connectivity index (χ0v) is 14.3. The van der Waals surface area contributed by atoms with Gasteiger partial charge in [0.1, 0.15) is 23.9 Å². The Balaban J connectivity index is 1.43. The Morgan fingerprint density at radius 1 is 0.963 bits per heavy atom. The summed E-state index contributed by atoms with van der Waals surface area (Å²) in [5, 5.41) is 18.5. The molecule has 0 atom stereocenters. The van der Waals surface area contributed by atoms with Crippen molar-refractivity contribution >= 4 is 21.9 Å². The third-order valence-electron chi connectivity index (χ3n) is 4.51. The summed E-state index contributed by atoms with van der Waals surface area (Å²) >= 11 is 0. The number of hydrogen-bond donors (Lipinski definition) is 3. The molecule has 0 unspecified atom stereocenters. The zero-order chi connectivity index (χ0) is 18.2. The zero-order valence-electron chi connectivity index (χ0n) is 14.3. The van der Waals surface area contributed by atoms with Crippen molar-refractivity contribution in [2.45, 2.75) is 6.61 Å². The Kier molecular flexibility index (Phi) is 3.53. The van der Waals surface area contributed by atoms with Gasteiger partial charge in [0.2, 0.25) is 0 Å². The quantitative estimate of drug-likeness (QED) is 0.446. The van der Waals surface area contributed by atoms with Gasteiger partial charge in [-0.3, -0.25) is 5.10 Å². The van der Waals surface area contributed by atoms with Gasteiger partial charge in [0.05, 0.1) is 22.1 Å². The molecular formula is C21H16N4O2. The van der Waals surface area contributed by atoms with Crippen molar-refractivity contribution in [3.63, 3.8) is 0 Å². The summed E-state index contributed by atoms with van der Waals surface area (Å²) in [6, 6.07) is 19.0. The lowest BCUT2D eigenvalue weighted by atomic mass is 10.2. The van der Waals surface area contributed by atoms with Crippen LogP contribution in [0.5, 0.6) is 11.5 Å². The van der Waals surface area contributed by atoms with E-state index in [-0.39, 0.29) is 5.75 Å². The van der Waals surface area contributed by atoms with E-state index in [9.17, 15) is 5.11 Å². The third-order valence-corrected chi connectivity index (χ3v) is 4.51. The van der Waals surface area contributed by atoms with Gasteiger partial charge < -0.3 is 14.8 Å². The molecule has 5 rings (SSSR count). The average molecular weight is 356 g/mol. The summed E-state index contributed by atoms with van der Waals surface area (Å²) in [6.07, 6.45) is 1.83. The Morgan fingerprint density at radius 2 is 1.85 bits per heavy atom. The molecule has 2 aromatic heterocycles. The maximum Gasteiger partial charge on any atom is 0.142 e. The second-order valence-corrected chi connectivity index (χ2v) is 6.35. The fourth-order valence-electron chi connectivity index (χ4n) is 3.12. The maximum atomic E-state index is 10.5. The molecule has 0 saturated heterocycles. The number of benzene rings is 3. The van der Waals surface area contributed by atoms with Crippen LogP contribution in [0.25, 0.3) is 33.3 Å². The molecule has 6 nitrogen and oxygen atoms in total. The first-order valence-electron chi connectivity index (χ1n) is 8.60. The normalized spacial score (nSPS) is 11.3. The number of phenols is 1. The molecule has 2 heterocycles. The van der Waals surface area contributed by atoms with Crippen molar-refractivity contribution in [3.05, 3.63) is 72.4 Å². The van der Waals surface area contributed by atoms with Crippen molar-refractivity contribution in [2.75, 3.05) is 0 Å². The van der Waals surface area contributed by atoms with Gasteiger partial charge in [-0.25, -0.2) is 4.98 Å². The molecule has 0 aliphatic carbocycles. The second kappa shape index (κ2) is 6.17. The molecule has 0 spiro atoms. The van der Waals surface area contributed by atoms with Crippen molar-refractivity contribution in [2.24, 2.45) is 0 Å². The fourth-order valence-corrected chi connectivity index (χ4v) is 3.12. The van der Waals surface area contributed by atoms with E-state index >= 15 is 0 Å². The van der Waals surface area contributed by atoms with Gasteiger partial charge in [0, 0.05) is 17.6 Å². The SMILES string of the molecule is Oc1cc(OCc2ccccc2)ccc1-c1nc2cc3c[nH]nc3cc2[nH]1. The van der Waals surface area contributed by atoms with Crippen molar-refractivity contribution < 1.29 is 9.84 Å². The standard InChI is InChI=1S/C21H16N4O2/c26-20-9-15(27-12-13-4-2-1-3-5-13)6-7-16(20)21-23-18-8-14-11-22-25-17(14)10-19(18)24-21/h1-11,26H,12H2,(H,22,25)(H,23,24). The van der Waals surface area contributed by atoms with Crippen LogP contribution in [0.1, 0.15) is 5.56 Å². The van der Waals surface area contributed by atoms with E-state index < -0.39 is 0 Å². The Labute approximate surface area is 154 Å². The number of aromatic nitrogens is 4. The molecule has 132 valence electrons. The predicted octanol–water partition coefficient (Wildman–Crippen LogP) is 4.39. The average Bonchev–Trinajstić information content (AvgIpc) is 3.31. The van der Waals surface area contributed by atoms with Gasteiger partial charge in [-0.1, -0.05) is 30.3 Å². The molecular weight excluding hydrogens is 340 g/mol. The molecule has 0 aliphatic rings. The number of H-pyrrole nitrogens is 2. The minimum Gasteiger partial charge on any atom is -0.507 e. The first-order valence-corrected chi connectivity index (χ1v) is 8.60. The van der Waals surface area contributed by atoms with Crippen molar-refractivity contribution in [3.8, 4) is 22.9 Å². The molecule has 5 aromatic rings. The number of imidazole rings is 1. The first kappa shape index (κ1) is 15.5. The van der Waals surface area contributed by atoms with Crippen molar-refractivity contribution in [1.82, 2.24) is 20.2 Å². The highest BCUT2D eigenvalue weighted by atomic mass is 16.5. The Morgan fingerprint density at radius 3 is 2.70 bits per heavy atom. The molecule has 3 aromatic carbocycles. The smallest absolute Gasteiger partial charge is 0.142 e. The molecule has 3 N–H and O–H groups in total. The number of ether oxygens (including phenoxy) is 1. The molecule has 0 bridgehead atoms. The lowest BCUT2D eigenvalue weighted by Gasteiger charge is -2.08. The lowest BCUT2D eigenvalue weighted by Crippen LogP contribution is -1.95. The second-order valence-electron chi connectivity index (χ2n) is 6.35. The van der Waals surface area contributed by atoms with Crippen LogP contribution in [0.2, 0.25) is 0 Å². The number of phenolic OH excluding ortho intramolecular Hbond substituents is 1. The molecule has 0 saturated carbocycles. The summed E-state index contributed by atoms with van der Waals surface area (Å²) in [7, 11) is 0. The van der Waals surface area contributed by atoms with Crippen LogP contribution >= 0.6 is 0 Å². The van der Waals surface area contributed by atoms with Gasteiger partial charge in [-0.05, 0) is 29.8 Å². The highest BCUT2D eigenvalue weighted by Crippen LogP contribution is 2.32. The summed E-state index contributed by atoms with van der Waals surface area (Å²) in [4.78, 5) is 7.84. The van der Waals surface area contributed by atoms with Gasteiger partial charge in [-0.2, -0.15) is 5.10 Å². The number of nitrogens with zero attached hydrogens (tertiary/aromatic N) is 2. The number of aromatic hydroxyl groups is 1. The van der Waals surface area contributed by atoms with Gasteiger partial charge in [0.15, 0.2) is 0 Å². The maximum absolute atomic E-state index is 10.5. The Hall–Kier alpha value is -3.80. The monoisotopic (exact) mass is 356 g/mol. The first-order chi connectivity index (χ1) is 13.3. The van der Waals surface area contributed by atoms with Gasteiger partial charge in [0.25, 0.3) is 0 Å². The number of rotatable bonds is 4. The van der Waals surface area contributed by atoms with Crippen LogP contribution in [0.3, 0.4) is 0 Å². The largest absolute Gasteiger partial charge is 0.507 e. The summed E-state index contributed by atoms with van der Waals surface area (Å²) < 4.78 is 5.76. The minimum atomic E-state index is 0.116. The van der Waals surface area contributed by atoms with Crippen LogP contribution in [0, 0.1) is 0 Å². The summed E-state index contributed by atoms with van der Waals surface area (Å²) in [6.45, 7) is 0.448. The van der Waals surface area contributed by atoms with E-state index in [1.807, 2.05) is 54.7 Å². The number of hydrogen-bond acceptors (Lipinski definition) is 4. The van der Waals surface area contributed by atoms with E-state index in [2.05, 4.69) is 20.2 Å². The number of aromatic amines is 2. The van der Waals surface area contributed by atoms with E-state index in [0.717, 1.165) is 27.5 Å². The topological polar surface area (TPSA) is 86.8 Å². The van der Waals surface area contributed by atoms with Gasteiger partial charge >= 0.3 is 0 Å². The fraction of sp³-hybridized carbons (Fsp3) is 0.0476. The third kappa shape index (κ3) is 2.87. The summed E-state index contributed by atoms with van der Waals surface area (Å²) in [5.74, 6) is 1.33. The number of fused-ring (bicyclic) bond motifs is 2. The van der Waals surface area contributed by atoms with E-state index in [4.69, 9.17) is 4.74 Å². The minimum absolute atomic E-state index is 0.116. The number of nitrogens with one attached hydrogen (secondary N) is 2. The van der Waals surface area contributed by atoms with Crippen LogP contribution < -0.4 is 4.74 Å². The van der Waals surface area contributed by atoms with Crippen LogP contribution in [-0.4, -0.2) is 25.3 Å². The Bertz CT molecular complexity index is 1190. The predicted molar refractivity (Wildman–Crippen MR) is 104 cm³/mol.